The number of ether oxygens (including phenoxy) is 2. The largest absolute Gasteiger partial charge is 1.00 e. The Labute approximate surface area is 558 Å². The van der Waals surface area contributed by atoms with Crippen molar-refractivity contribution in [3.05, 3.63) is 241 Å². The van der Waals surface area contributed by atoms with Gasteiger partial charge in [-0.25, -0.2) is 8.78 Å². The fraction of sp³-hybridized carbons (Fsp3) is 0.0517. The average Bonchev–Trinajstić information content (AvgIpc) is 2.60. The molecule has 0 amide bonds. The van der Waals surface area contributed by atoms with Crippen molar-refractivity contribution in [1.29, 1.82) is 0 Å². The van der Waals surface area contributed by atoms with Gasteiger partial charge in [-0.3, -0.25) is 4.79 Å². The van der Waals surface area contributed by atoms with E-state index in [1.165, 1.54) is 36.4 Å². The number of alkyl halides is 9. The maximum Gasteiger partial charge on any atom is 1.00 e. The van der Waals surface area contributed by atoms with Crippen molar-refractivity contribution in [2.45, 2.75) is 18.5 Å². The molecule has 0 aliphatic heterocycles. The minimum atomic E-state index is -4.79. The third-order valence-electron chi connectivity index (χ3n) is 11.5. The van der Waals surface area contributed by atoms with Crippen molar-refractivity contribution in [3.8, 4) is 28.7 Å². The second-order valence-electron chi connectivity index (χ2n) is 16.9. The molecular weight excluding hydrogens is 1220 g/mol. The number of benzene rings is 9. The summed E-state index contributed by atoms with van der Waals surface area (Å²) in [5.41, 5.74) is 11.4. The number of phenols is 1. The van der Waals surface area contributed by atoms with Gasteiger partial charge in [0.25, 0.3) is 6.47 Å². The summed E-state index contributed by atoms with van der Waals surface area (Å²) in [7, 11) is -7.11. The molecule has 0 aliphatic carbocycles. The van der Waals surface area contributed by atoms with Gasteiger partial charge < -0.3 is 51.1 Å². The fourth-order valence-electron chi connectivity index (χ4n) is 7.78. The molecule has 0 saturated carbocycles. The van der Waals surface area contributed by atoms with E-state index in [9.17, 15) is 52.9 Å². The van der Waals surface area contributed by atoms with E-state index >= 15 is 4.57 Å². The molecule has 9 rings (SSSR count). The quantitative estimate of drug-likeness (QED) is 0.0141. The Hall–Kier alpha value is -5.83. The van der Waals surface area contributed by atoms with E-state index < -0.39 is 78.3 Å². The van der Waals surface area contributed by atoms with Gasteiger partial charge in [0.15, 0.2) is 14.3 Å². The number of halogens is 11. The van der Waals surface area contributed by atoms with Gasteiger partial charge in [0, 0.05) is 102 Å². The van der Waals surface area contributed by atoms with Gasteiger partial charge in [-0.15, -0.1) is 0 Å². The van der Waals surface area contributed by atoms with Gasteiger partial charge >= 0.3 is 69.9 Å². The number of aromatic hydroxyl groups is 1. The van der Waals surface area contributed by atoms with Gasteiger partial charge in [0.1, 0.15) is 40.4 Å². The number of carbonyl (C=O) groups is 1. The Balaban J connectivity index is 0.000000312. The zero-order valence-corrected chi connectivity index (χ0v) is 51.9. The molecule has 9 aromatic rings. The molecule has 0 spiro atoms. The van der Waals surface area contributed by atoms with Crippen LogP contribution < -0.4 is 115 Å². The number of nitrogens with two attached hydrogens (primary N) is 3. The molecule has 0 aliphatic rings. The van der Waals surface area contributed by atoms with Gasteiger partial charge in [-0.05, 0) is 78.9 Å². The number of nitrogen functional groups attached to an aromatic ring is 3. The summed E-state index contributed by atoms with van der Waals surface area (Å²) in [6.45, 7) is -0.181. The van der Waals surface area contributed by atoms with E-state index in [0.29, 0.717) is 33.4 Å². The van der Waals surface area contributed by atoms with Crippen LogP contribution in [0, 0.1) is 11.6 Å². The minimum absolute atomic E-state index is 0. The number of hydrogen-bond donors (Lipinski definition) is 4. The monoisotopic (exact) mass is 1260 g/mol. The molecule has 0 unspecified atom stereocenters. The molecule has 9 aromatic carbocycles. The summed E-state index contributed by atoms with van der Waals surface area (Å²) < 4.78 is 185. The summed E-state index contributed by atoms with van der Waals surface area (Å²) >= 11 is 0. The molecule has 0 fully saturated rings. The second-order valence-corrected chi connectivity index (χ2v) is 22.4. The van der Waals surface area contributed by atoms with Gasteiger partial charge in [0.05, 0.1) is 27.3 Å². The molecule has 84 heavy (non-hydrogen) atoms. The molecule has 26 heteroatoms. The number of hydrogen-bond acceptors (Lipinski definition) is 11. The molecule has 427 valence electrons. The topological polar surface area (TPSA) is 200 Å². The van der Waals surface area contributed by atoms with E-state index in [1.807, 2.05) is 0 Å². The average molecular weight is 1260 g/mol. The first-order valence-electron chi connectivity index (χ1n) is 23.4. The van der Waals surface area contributed by atoms with E-state index in [0.717, 1.165) is 42.5 Å². The van der Waals surface area contributed by atoms with Crippen molar-refractivity contribution in [1.82, 2.24) is 0 Å². The third-order valence-corrected chi connectivity index (χ3v) is 17.7. The molecule has 11 nitrogen and oxygen atoms in total. The molecule has 1 radical (unpaired) electrons. The summed E-state index contributed by atoms with van der Waals surface area (Å²) in [6.07, 6.45) is -14.0. The van der Waals surface area contributed by atoms with Crippen LogP contribution in [0.5, 0.6) is 28.7 Å². The Morgan fingerprint density at radius 3 is 1.12 bits per heavy atom. The van der Waals surface area contributed by atoms with Crippen LogP contribution in [0.1, 0.15) is 16.7 Å². The normalized spacial score (nSPS) is 11.2. The number of carbonyl (C=O) groups excluding carboxylic acids is 1. The second kappa shape index (κ2) is 31.0. The van der Waals surface area contributed by atoms with Crippen LogP contribution in [-0.4, -0.2) is 63.0 Å². The van der Waals surface area contributed by atoms with Gasteiger partial charge in [-0.1, -0.05) is 121 Å². The van der Waals surface area contributed by atoms with Crippen LogP contribution in [0.4, 0.5) is 65.4 Å². The Morgan fingerprint density at radius 2 is 0.762 bits per heavy atom. The van der Waals surface area contributed by atoms with Crippen LogP contribution in [0.25, 0.3) is 0 Å². The molecule has 7 N–H and O–H groups in total. The van der Waals surface area contributed by atoms with Crippen LogP contribution in [0.3, 0.4) is 0 Å². The predicted molar refractivity (Wildman–Crippen MR) is 294 cm³/mol. The van der Waals surface area contributed by atoms with Gasteiger partial charge in [0.2, 0.25) is 0 Å². The summed E-state index contributed by atoms with van der Waals surface area (Å²) in [5.74, 6) is -2.61. The van der Waals surface area contributed by atoms with Crippen molar-refractivity contribution in [2.75, 3.05) is 17.2 Å². The zero-order valence-electron chi connectivity index (χ0n) is 43.9. The zero-order chi connectivity index (χ0) is 60.0. The maximum absolute atomic E-state index is 15.1. The Morgan fingerprint density at radius 1 is 0.440 bits per heavy atom. The molecule has 0 aromatic heterocycles. The number of phenolic OH excluding ortho intramolecular Hbond substituents is 1. The van der Waals surface area contributed by atoms with Crippen molar-refractivity contribution in [3.63, 3.8) is 0 Å². The Bertz CT molecular complexity index is 3640. The summed E-state index contributed by atoms with van der Waals surface area (Å²) in [4.78, 5) is 11.2. The van der Waals surface area contributed by atoms with Crippen LogP contribution >= 0.6 is 14.3 Å². The van der Waals surface area contributed by atoms with Crippen molar-refractivity contribution < 1.29 is 138 Å². The summed E-state index contributed by atoms with van der Waals surface area (Å²) in [6, 6.07) is 50.2. The molecular formula is C58H43F11K2N3O8P2. The third kappa shape index (κ3) is 18.1. The van der Waals surface area contributed by atoms with E-state index in [2.05, 4.69) is 4.89 Å². The van der Waals surface area contributed by atoms with Crippen molar-refractivity contribution >= 4 is 121 Å². The molecule has 0 atom stereocenters. The number of rotatable bonds is 11. The van der Waals surface area contributed by atoms with Crippen molar-refractivity contribution in [2.24, 2.45) is 0 Å². The maximum atomic E-state index is 15.1. The number of anilines is 3. The van der Waals surface area contributed by atoms with Crippen LogP contribution in [-0.2, 0) is 37.3 Å². The van der Waals surface area contributed by atoms with Gasteiger partial charge in [-0.2, -0.15) is 39.5 Å². The standard InChI is InChI=1S/C32H23F6N2O3P.C18H13F2OP.C7H6F3NO.CH2O3.2K/c33-31(34,35)25-17-20(11-14-27(25)39)42-22-13-16-30(29(19-22)43-21-12-15-28(40)26(18-21)32(36,37)38)44(41,23-7-3-1-4-8-23)24-9-5-2-6-10-24;19-14-11-12-18(17(20)13-14)22(21,15-7-3-1-4-8-15)16-9-5-2-6-10-16;8-7(9,10)5-3-4(12)1-2-6(5)11;2-1-4-3;;/h1-19H,39-40H2;1-13H;1-3,12H,11H2;1,3H;;/q;;;;;+1/p-1. The van der Waals surface area contributed by atoms with Crippen LogP contribution in [0.15, 0.2) is 212 Å². The van der Waals surface area contributed by atoms with E-state index in [1.54, 1.807) is 121 Å². The van der Waals surface area contributed by atoms with E-state index in [-0.39, 0.29) is 149 Å². The smallest absolute Gasteiger partial charge is 0.662 e. The molecule has 0 bridgehead atoms. The minimum Gasteiger partial charge on any atom is -0.662 e. The first-order chi connectivity index (χ1) is 38.7. The van der Waals surface area contributed by atoms with E-state index in [4.69, 9.17) is 41.8 Å². The first kappa shape index (κ1) is 70.7. The molecule has 0 heterocycles. The Kier molecular flexibility index (Phi) is 26.1. The fourth-order valence-corrected chi connectivity index (χ4v) is 13.2. The SMILES string of the molecule is Nc1ccc(O)cc1C(F)(F)F.Nc1ccc(Oc2ccc(P(=O)(c3ccccc3)c3ccccc3)c(Oc3ccc(N)c(C(F)(F)F)c3)c2)cc1C(F)(F)F.O=CO[O-].O=P(c1ccccc1)(c1ccccc1)c1ccc(F)cc1F.[K+].[K]. The molecule has 0 saturated heterocycles. The summed E-state index contributed by atoms with van der Waals surface area (Å²) in [5, 5.41) is 19.2. The first-order valence-corrected chi connectivity index (χ1v) is 26.8. The van der Waals surface area contributed by atoms with Crippen LogP contribution in [0.2, 0.25) is 0 Å². The predicted octanol–water partition coefficient (Wildman–Crippen LogP) is 8.77.